The molecule has 0 N–H and O–H groups in total. The second-order valence-electron chi connectivity index (χ2n) is 11.3. The minimum Gasteiger partial charge on any atom is -0.497 e. The summed E-state index contributed by atoms with van der Waals surface area (Å²) in [6.07, 6.45) is 1.24. The lowest BCUT2D eigenvalue weighted by molar-refractivity contribution is 0.0227. The molecule has 0 radical (unpaired) electrons. The lowest BCUT2D eigenvalue weighted by atomic mass is 10.1. The van der Waals surface area contributed by atoms with Crippen molar-refractivity contribution in [3.63, 3.8) is 0 Å². The molecule has 0 bridgehead atoms. The van der Waals surface area contributed by atoms with Gasteiger partial charge in [-0.3, -0.25) is 0 Å². The Balaban J connectivity index is 1.67. The summed E-state index contributed by atoms with van der Waals surface area (Å²) in [6, 6.07) is 5.66. The van der Waals surface area contributed by atoms with Gasteiger partial charge < -0.3 is 23.8 Å². The standard InChI is InChI=1S/C29H35F2N3O7S2/c1-18-22(40-29(5)10-12-33(17-29)27(35)41-28(2,3)4)15-21(30)25(24(18)31)43(36,37)34(26-32-11-13-42-26)16-19-8-9-20(38-6)14-23(19)39-7/h8-9,11,13-15H,10,12,16-17H2,1-7H3. The highest BCUT2D eigenvalue weighted by molar-refractivity contribution is 7.93. The molecule has 1 unspecified atom stereocenters. The van der Waals surface area contributed by atoms with Gasteiger partial charge in [0.25, 0.3) is 10.0 Å². The van der Waals surface area contributed by atoms with Crippen LogP contribution in [0.2, 0.25) is 0 Å². The van der Waals surface area contributed by atoms with E-state index in [1.165, 1.54) is 32.2 Å². The first-order chi connectivity index (χ1) is 20.1. The number of aromatic nitrogens is 1. The van der Waals surface area contributed by atoms with Gasteiger partial charge >= 0.3 is 6.09 Å². The highest BCUT2D eigenvalue weighted by Gasteiger charge is 2.41. The summed E-state index contributed by atoms with van der Waals surface area (Å²) in [5.74, 6) is -1.98. The highest BCUT2D eigenvalue weighted by Crippen LogP contribution is 2.38. The number of carbonyl (C=O) groups excluding carboxylic acids is 1. The summed E-state index contributed by atoms with van der Waals surface area (Å²) in [5, 5.41) is 1.57. The van der Waals surface area contributed by atoms with Crippen LogP contribution in [0.25, 0.3) is 0 Å². The van der Waals surface area contributed by atoms with Gasteiger partial charge in [-0.2, -0.15) is 0 Å². The Kier molecular flexibility index (Phi) is 9.12. The fraction of sp³-hybridized carbons (Fsp3) is 0.448. The number of benzene rings is 2. The number of nitrogens with zero attached hydrogens (tertiary/aromatic N) is 3. The predicted octanol–water partition coefficient (Wildman–Crippen LogP) is 5.92. The van der Waals surface area contributed by atoms with E-state index in [0.29, 0.717) is 30.0 Å². The van der Waals surface area contributed by atoms with Crippen molar-refractivity contribution in [3.05, 3.63) is 58.6 Å². The summed E-state index contributed by atoms with van der Waals surface area (Å²) in [6.45, 7) is 8.40. The molecule has 10 nitrogen and oxygen atoms in total. The average molecular weight is 640 g/mol. The number of amides is 1. The Morgan fingerprint density at radius 2 is 1.88 bits per heavy atom. The summed E-state index contributed by atoms with van der Waals surface area (Å²) in [4.78, 5) is 17.0. The zero-order valence-corrected chi connectivity index (χ0v) is 26.7. The fourth-order valence-corrected chi connectivity index (χ4v) is 7.06. The summed E-state index contributed by atoms with van der Waals surface area (Å²) < 4.78 is 82.4. The predicted molar refractivity (Wildman–Crippen MR) is 158 cm³/mol. The van der Waals surface area contributed by atoms with E-state index in [0.717, 1.165) is 21.7 Å². The molecule has 1 aliphatic rings. The number of hydrogen-bond donors (Lipinski definition) is 0. The minimum atomic E-state index is -4.82. The maximum Gasteiger partial charge on any atom is 0.410 e. The molecule has 1 aliphatic heterocycles. The van der Waals surface area contributed by atoms with Crippen LogP contribution in [0.5, 0.6) is 17.2 Å². The van der Waals surface area contributed by atoms with E-state index in [9.17, 15) is 13.2 Å². The molecule has 1 atom stereocenters. The van der Waals surface area contributed by atoms with Gasteiger partial charge in [0, 0.05) is 47.8 Å². The number of ether oxygens (including phenoxy) is 4. The lowest BCUT2D eigenvalue weighted by Crippen LogP contribution is -2.40. The number of carbonyl (C=O) groups is 1. The van der Waals surface area contributed by atoms with Crippen LogP contribution < -0.4 is 18.5 Å². The number of likely N-dealkylation sites (tertiary alicyclic amines) is 1. The Labute approximate surface area is 254 Å². The van der Waals surface area contributed by atoms with Gasteiger partial charge in [0.1, 0.15) is 34.3 Å². The molecule has 1 amide bonds. The topological polar surface area (TPSA) is 108 Å². The third kappa shape index (κ3) is 6.96. The van der Waals surface area contributed by atoms with E-state index in [4.69, 9.17) is 18.9 Å². The van der Waals surface area contributed by atoms with Crippen molar-refractivity contribution < 1.29 is 40.9 Å². The second kappa shape index (κ2) is 12.2. The molecule has 1 saturated heterocycles. The normalized spacial score (nSPS) is 17.1. The van der Waals surface area contributed by atoms with Crippen molar-refractivity contribution in [3.8, 4) is 17.2 Å². The lowest BCUT2D eigenvalue weighted by Gasteiger charge is -2.29. The molecule has 1 fully saturated rings. The van der Waals surface area contributed by atoms with Crippen LogP contribution in [0.4, 0.5) is 18.7 Å². The Morgan fingerprint density at radius 3 is 2.49 bits per heavy atom. The van der Waals surface area contributed by atoms with Gasteiger partial charge in [0.05, 0.1) is 27.3 Å². The van der Waals surface area contributed by atoms with Crippen LogP contribution in [0, 0.1) is 18.6 Å². The van der Waals surface area contributed by atoms with Crippen LogP contribution in [0.1, 0.15) is 45.2 Å². The number of anilines is 1. The first-order valence-corrected chi connectivity index (χ1v) is 15.7. The molecular formula is C29H35F2N3O7S2. The van der Waals surface area contributed by atoms with E-state index in [1.54, 1.807) is 51.3 Å². The second-order valence-corrected chi connectivity index (χ2v) is 14.0. The van der Waals surface area contributed by atoms with Gasteiger partial charge in [-0.15, -0.1) is 11.3 Å². The van der Waals surface area contributed by atoms with E-state index in [1.807, 2.05) is 0 Å². The van der Waals surface area contributed by atoms with Crippen molar-refractivity contribution in [2.75, 3.05) is 31.6 Å². The minimum absolute atomic E-state index is 0.00958. The molecule has 3 aromatic rings. The zero-order valence-electron chi connectivity index (χ0n) is 25.1. The van der Waals surface area contributed by atoms with Gasteiger partial charge in [0.15, 0.2) is 15.8 Å². The fourth-order valence-electron chi connectivity index (χ4n) is 4.62. The van der Waals surface area contributed by atoms with Crippen molar-refractivity contribution in [2.24, 2.45) is 0 Å². The van der Waals surface area contributed by atoms with Crippen LogP contribution in [0.15, 0.2) is 40.7 Å². The van der Waals surface area contributed by atoms with Crippen molar-refractivity contribution in [1.82, 2.24) is 9.88 Å². The van der Waals surface area contributed by atoms with E-state index >= 15 is 8.78 Å². The van der Waals surface area contributed by atoms with Gasteiger partial charge in [-0.1, -0.05) is 0 Å². The molecular weight excluding hydrogens is 604 g/mol. The monoisotopic (exact) mass is 639 g/mol. The van der Waals surface area contributed by atoms with E-state index in [2.05, 4.69) is 4.98 Å². The van der Waals surface area contributed by atoms with Crippen LogP contribution >= 0.6 is 11.3 Å². The maximum atomic E-state index is 15.9. The van der Waals surface area contributed by atoms with Gasteiger partial charge in [-0.25, -0.2) is 31.3 Å². The van der Waals surface area contributed by atoms with Crippen LogP contribution in [-0.2, 0) is 21.3 Å². The molecule has 2 heterocycles. The summed E-state index contributed by atoms with van der Waals surface area (Å²) in [7, 11) is -1.93. The number of hydrogen-bond acceptors (Lipinski definition) is 9. The SMILES string of the molecule is COc1ccc(CN(c2nccs2)S(=O)(=O)c2c(F)cc(OC3(C)CCN(C(=O)OC(C)(C)C)C3)c(C)c2F)c(OC)c1. The van der Waals surface area contributed by atoms with Crippen LogP contribution in [0.3, 0.4) is 0 Å². The first kappa shape index (κ1) is 32.3. The number of halogens is 2. The van der Waals surface area contributed by atoms with Crippen LogP contribution in [-0.4, -0.2) is 62.9 Å². The Hall–Kier alpha value is -3.65. The molecule has 0 saturated carbocycles. The largest absolute Gasteiger partial charge is 0.497 e. The molecule has 234 valence electrons. The molecule has 43 heavy (non-hydrogen) atoms. The van der Waals surface area contributed by atoms with Crippen molar-refractivity contribution in [1.29, 1.82) is 0 Å². The molecule has 14 heteroatoms. The number of sulfonamides is 1. The number of thiazole rings is 1. The summed E-state index contributed by atoms with van der Waals surface area (Å²) in [5.41, 5.74) is -1.45. The molecule has 1 aromatic heterocycles. The van der Waals surface area contributed by atoms with Gasteiger partial charge in [-0.05, 0) is 46.8 Å². The molecule has 2 aromatic carbocycles. The van der Waals surface area contributed by atoms with E-state index in [-0.39, 0.29) is 29.5 Å². The molecule has 0 spiro atoms. The van der Waals surface area contributed by atoms with Crippen molar-refractivity contribution in [2.45, 2.75) is 63.7 Å². The zero-order chi connectivity index (χ0) is 31.7. The average Bonchev–Trinajstić information content (AvgIpc) is 3.59. The summed E-state index contributed by atoms with van der Waals surface area (Å²) >= 11 is 0.997. The third-order valence-electron chi connectivity index (χ3n) is 6.81. The van der Waals surface area contributed by atoms with E-state index < -0.39 is 43.8 Å². The van der Waals surface area contributed by atoms with Crippen molar-refractivity contribution >= 4 is 32.6 Å². The molecule has 4 rings (SSSR count). The number of methoxy groups -OCH3 is 2. The molecule has 0 aliphatic carbocycles. The smallest absolute Gasteiger partial charge is 0.410 e. The quantitative estimate of drug-likeness (QED) is 0.284. The first-order valence-electron chi connectivity index (χ1n) is 13.4. The van der Waals surface area contributed by atoms with Gasteiger partial charge in [0.2, 0.25) is 0 Å². The Bertz CT molecular complexity index is 1590. The number of rotatable bonds is 9. The third-order valence-corrected chi connectivity index (χ3v) is 9.49. The maximum absolute atomic E-state index is 15.9. The Morgan fingerprint density at radius 1 is 1.16 bits per heavy atom. The highest BCUT2D eigenvalue weighted by atomic mass is 32.2.